The average molecular weight is 378 g/mol. The van der Waals surface area contributed by atoms with E-state index < -0.39 is 42.3 Å². The molecule has 8 heteroatoms. The quantitative estimate of drug-likeness (QED) is 0.489. The summed E-state index contributed by atoms with van der Waals surface area (Å²) in [7, 11) is 1.42. The number of aliphatic hydroxyl groups excluding tert-OH is 2. The number of carbonyl (C=O) groups is 2. The third kappa shape index (κ3) is 4.13. The van der Waals surface area contributed by atoms with E-state index in [0.29, 0.717) is 11.3 Å². The lowest BCUT2D eigenvalue weighted by atomic mass is 9.97. The van der Waals surface area contributed by atoms with Crippen LogP contribution in [0, 0.1) is 0 Å². The van der Waals surface area contributed by atoms with Crippen LogP contribution in [-0.2, 0) is 14.3 Å². The fourth-order valence-corrected chi connectivity index (χ4v) is 3.10. The molecule has 146 valence electrons. The number of ether oxygens (including phenoxy) is 3. The number of phenolic OH excluding ortho intramolecular Hbond substituents is 1. The Hall–Kier alpha value is -2.42. The second-order valence-corrected chi connectivity index (χ2v) is 6.71. The minimum atomic E-state index is -1.56. The topological polar surface area (TPSA) is 126 Å². The van der Waals surface area contributed by atoms with E-state index in [1.54, 1.807) is 13.0 Å². The molecule has 5 atom stereocenters. The molecule has 1 aromatic rings. The van der Waals surface area contributed by atoms with Gasteiger partial charge in [-0.25, -0.2) is 4.79 Å². The maximum atomic E-state index is 12.6. The van der Waals surface area contributed by atoms with Crippen molar-refractivity contribution < 1.29 is 39.1 Å². The lowest BCUT2D eigenvalue weighted by Gasteiger charge is -2.17. The maximum Gasteiger partial charge on any atom is 0.342 e. The Balaban J connectivity index is 1.98. The van der Waals surface area contributed by atoms with E-state index in [1.165, 1.54) is 19.3 Å². The molecule has 2 aliphatic rings. The van der Waals surface area contributed by atoms with Gasteiger partial charge in [-0.15, -0.1) is 0 Å². The molecule has 27 heavy (non-hydrogen) atoms. The Labute approximate surface area is 156 Å². The van der Waals surface area contributed by atoms with Crippen LogP contribution < -0.4 is 4.74 Å². The van der Waals surface area contributed by atoms with Gasteiger partial charge >= 0.3 is 5.97 Å². The molecule has 0 amide bonds. The van der Waals surface area contributed by atoms with Gasteiger partial charge in [-0.05, 0) is 19.1 Å². The molecule has 8 nitrogen and oxygen atoms in total. The van der Waals surface area contributed by atoms with Crippen molar-refractivity contribution in [1.29, 1.82) is 0 Å². The molecule has 3 N–H and O–H groups in total. The summed E-state index contributed by atoms with van der Waals surface area (Å²) in [4.78, 5) is 24.5. The molecule has 0 aliphatic carbocycles. The van der Waals surface area contributed by atoms with Crippen LogP contribution in [0.5, 0.6) is 11.5 Å². The number of aliphatic hydroxyl groups is 2. The summed E-state index contributed by atoms with van der Waals surface area (Å²) in [5.41, 5.74) is 0.344. The van der Waals surface area contributed by atoms with E-state index in [0.717, 1.165) is 6.08 Å². The summed E-state index contributed by atoms with van der Waals surface area (Å²) in [6.45, 7) is 1.64. The van der Waals surface area contributed by atoms with E-state index >= 15 is 0 Å². The van der Waals surface area contributed by atoms with Crippen LogP contribution in [0.2, 0.25) is 0 Å². The third-order valence-electron chi connectivity index (χ3n) is 4.64. The fraction of sp³-hybridized carbons (Fsp3) is 0.474. The molecule has 0 aromatic heterocycles. The van der Waals surface area contributed by atoms with Gasteiger partial charge < -0.3 is 29.5 Å². The molecule has 1 fully saturated rings. The van der Waals surface area contributed by atoms with Gasteiger partial charge in [-0.1, -0.05) is 6.08 Å². The van der Waals surface area contributed by atoms with E-state index in [1.807, 2.05) is 0 Å². The highest BCUT2D eigenvalue weighted by Crippen LogP contribution is 2.46. The summed E-state index contributed by atoms with van der Waals surface area (Å²) < 4.78 is 16.0. The molecule has 0 saturated carbocycles. The number of methoxy groups -OCH3 is 1. The van der Waals surface area contributed by atoms with Gasteiger partial charge in [-0.3, -0.25) is 4.79 Å². The predicted octanol–water partition coefficient (Wildman–Crippen LogP) is 1.03. The molecule has 0 spiro atoms. The molecule has 1 aromatic carbocycles. The van der Waals surface area contributed by atoms with Crippen molar-refractivity contribution in [3.8, 4) is 11.5 Å². The van der Waals surface area contributed by atoms with Gasteiger partial charge in [0.2, 0.25) is 0 Å². The van der Waals surface area contributed by atoms with Gasteiger partial charge in [0.25, 0.3) is 0 Å². The van der Waals surface area contributed by atoms with Gasteiger partial charge in [-0.2, -0.15) is 0 Å². The number of carbonyl (C=O) groups excluding carboxylic acids is 2. The summed E-state index contributed by atoms with van der Waals surface area (Å²) in [5, 5.41) is 30.4. The van der Waals surface area contributed by atoms with Crippen molar-refractivity contribution in [2.45, 2.75) is 50.3 Å². The number of hydrogen-bond donors (Lipinski definition) is 3. The summed E-state index contributed by atoms with van der Waals surface area (Å²) in [6, 6.07) is 2.87. The van der Waals surface area contributed by atoms with Crippen LogP contribution in [0.1, 0.15) is 41.8 Å². The minimum absolute atomic E-state index is 0.00568. The van der Waals surface area contributed by atoms with Crippen molar-refractivity contribution in [3.63, 3.8) is 0 Å². The van der Waals surface area contributed by atoms with Gasteiger partial charge in [0.1, 0.15) is 35.4 Å². The lowest BCUT2D eigenvalue weighted by Crippen LogP contribution is -2.34. The van der Waals surface area contributed by atoms with Gasteiger partial charge in [0.15, 0.2) is 5.78 Å². The van der Waals surface area contributed by atoms with Crippen molar-refractivity contribution in [2.75, 3.05) is 7.11 Å². The minimum Gasteiger partial charge on any atom is -0.507 e. The fourth-order valence-electron chi connectivity index (χ4n) is 3.10. The zero-order valence-electron chi connectivity index (χ0n) is 15.0. The van der Waals surface area contributed by atoms with Crippen LogP contribution in [-0.4, -0.2) is 58.6 Å². The second-order valence-electron chi connectivity index (χ2n) is 6.71. The Morgan fingerprint density at radius 3 is 2.67 bits per heavy atom. The standard InChI is InChI=1S/C19H22O8/c1-9-4-3-5-12(20)17(23)14(22)8-15-18(27-15)11-6-10(25-2)7-13(21)16(11)19(24)26-9/h3,5-7,9,14-15,17-18,21-23H,4,8H2,1-2H3/t9-,14-,15-,17+,18+/m0/s1. The first-order chi connectivity index (χ1) is 12.8. The monoisotopic (exact) mass is 378 g/mol. The summed E-state index contributed by atoms with van der Waals surface area (Å²) in [6.07, 6.45) is -1.72. The average Bonchev–Trinajstić information content (AvgIpc) is 3.38. The number of rotatable bonds is 1. The number of ketones is 1. The molecule has 1 saturated heterocycles. The van der Waals surface area contributed by atoms with Gasteiger partial charge in [0, 0.05) is 24.5 Å². The number of phenols is 1. The maximum absolute atomic E-state index is 12.6. The third-order valence-corrected chi connectivity index (χ3v) is 4.64. The molecule has 0 bridgehead atoms. The Morgan fingerprint density at radius 1 is 1.22 bits per heavy atom. The second kappa shape index (κ2) is 7.67. The first-order valence-electron chi connectivity index (χ1n) is 8.65. The molecule has 0 radical (unpaired) electrons. The van der Waals surface area contributed by atoms with Crippen molar-refractivity contribution in [1.82, 2.24) is 0 Å². The van der Waals surface area contributed by atoms with E-state index in [-0.39, 0.29) is 24.2 Å². The van der Waals surface area contributed by atoms with Crippen LogP contribution in [0.4, 0.5) is 0 Å². The number of aromatic hydroxyl groups is 1. The van der Waals surface area contributed by atoms with Crippen LogP contribution in [0.15, 0.2) is 24.3 Å². The van der Waals surface area contributed by atoms with Crippen molar-refractivity contribution >= 4 is 11.8 Å². The number of benzene rings is 1. The normalized spacial score (nSPS) is 31.3. The van der Waals surface area contributed by atoms with Crippen molar-refractivity contribution in [3.05, 3.63) is 35.4 Å². The number of esters is 1. The number of hydrogen-bond acceptors (Lipinski definition) is 8. The highest BCUT2D eigenvalue weighted by molar-refractivity contribution is 5.95. The number of epoxide rings is 1. The Morgan fingerprint density at radius 2 is 1.96 bits per heavy atom. The first-order valence-corrected chi connectivity index (χ1v) is 8.65. The zero-order chi connectivity index (χ0) is 19.7. The molecule has 3 rings (SSSR count). The molecule has 2 aliphatic heterocycles. The lowest BCUT2D eigenvalue weighted by molar-refractivity contribution is -0.128. The van der Waals surface area contributed by atoms with E-state index in [2.05, 4.69) is 0 Å². The molecular weight excluding hydrogens is 356 g/mol. The molecular formula is C19H22O8. The molecule has 0 unspecified atom stereocenters. The summed E-state index contributed by atoms with van der Waals surface area (Å²) in [5.74, 6) is -1.31. The van der Waals surface area contributed by atoms with E-state index in [4.69, 9.17) is 14.2 Å². The molecule has 2 heterocycles. The Bertz CT molecular complexity index is 771. The summed E-state index contributed by atoms with van der Waals surface area (Å²) >= 11 is 0. The smallest absolute Gasteiger partial charge is 0.342 e. The van der Waals surface area contributed by atoms with Crippen LogP contribution in [0.25, 0.3) is 0 Å². The highest BCUT2D eigenvalue weighted by Gasteiger charge is 2.46. The first kappa shape index (κ1) is 19.3. The number of fused-ring (bicyclic) bond motifs is 3. The largest absolute Gasteiger partial charge is 0.507 e. The van der Waals surface area contributed by atoms with Crippen LogP contribution in [0.3, 0.4) is 0 Å². The Kier molecular flexibility index (Phi) is 5.50. The van der Waals surface area contributed by atoms with Crippen LogP contribution >= 0.6 is 0 Å². The van der Waals surface area contributed by atoms with Gasteiger partial charge in [0.05, 0.1) is 19.3 Å². The highest BCUT2D eigenvalue weighted by atomic mass is 16.6. The predicted molar refractivity (Wildman–Crippen MR) is 92.5 cm³/mol. The van der Waals surface area contributed by atoms with E-state index in [9.17, 15) is 24.9 Å². The zero-order valence-corrected chi connectivity index (χ0v) is 15.0. The van der Waals surface area contributed by atoms with Crippen molar-refractivity contribution in [2.24, 2.45) is 0 Å². The number of cyclic esters (lactones) is 1. The SMILES string of the molecule is COc1cc(O)c2c(c1)[C@H]1O[C@H]1C[C@H](O)[C@H](O)C(=O)C=CC[C@H](C)OC2=O.